The number of rotatable bonds is 2. The van der Waals surface area contributed by atoms with Crippen LogP contribution in [0.15, 0.2) is 18.3 Å². The van der Waals surface area contributed by atoms with E-state index in [1.807, 2.05) is 0 Å². The van der Waals surface area contributed by atoms with Crippen LogP contribution in [0.3, 0.4) is 0 Å². The molecular formula is C7H10N2O. The highest BCUT2D eigenvalue weighted by atomic mass is 16.3. The van der Waals surface area contributed by atoms with Gasteiger partial charge in [-0.05, 0) is 18.7 Å². The van der Waals surface area contributed by atoms with Crippen molar-refractivity contribution in [3.8, 4) is 5.75 Å². The molecule has 0 spiro atoms. The second-order valence-electron chi connectivity index (χ2n) is 2.01. The van der Waals surface area contributed by atoms with Crippen molar-refractivity contribution in [2.45, 2.75) is 6.42 Å². The van der Waals surface area contributed by atoms with Crippen LogP contribution in [-0.4, -0.2) is 16.6 Å². The van der Waals surface area contributed by atoms with Crippen molar-refractivity contribution in [2.24, 2.45) is 5.73 Å². The molecule has 0 aliphatic rings. The number of aromatic nitrogens is 1. The molecule has 0 amide bonds. The van der Waals surface area contributed by atoms with E-state index in [0.29, 0.717) is 18.7 Å². The molecule has 0 bridgehead atoms. The Kier molecular flexibility index (Phi) is 2.23. The molecule has 0 radical (unpaired) electrons. The van der Waals surface area contributed by atoms with Crippen LogP contribution < -0.4 is 5.73 Å². The molecule has 0 aromatic carbocycles. The van der Waals surface area contributed by atoms with Crippen molar-refractivity contribution >= 4 is 0 Å². The van der Waals surface area contributed by atoms with Gasteiger partial charge in [0.15, 0.2) is 0 Å². The zero-order valence-electron chi connectivity index (χ0n) is 5.62. The molecule has 0 saturated heterocycles. The van der Waals surface area contributed by atoms with Crippen molar-refractivity contribution in [2.75, 3.05) is 6.54 Å². The first kappa shape index (κ1) is 7.02. The van der Waals surface area contributed by atoms with Gasteiger partial charge in [0, 0.05) is 12.6 Å². The lowest BCUT2D eigenvalue weighted by Crippen LogP contribution is -2.04. The summed E-state index contributed by atoms with van der Waals surface area (Å²) in [7, 11) is 0. The zero-order valence-corrected chi connectivity index (χ0v) is 5.62. The summed E-state index contributed by atoms with van der Waals surface area (Å²) in [5.74, 6) is 0.230. The lowest BCUT2D eigenvalue weighted by atomic mass is 10.2. The SMILES string of the molecule is NCCc1ncccc1O. The number of pyridine rings is 1. The Hall–Kier alpha value is -1.09. The molecule has 0 aliphatic heterocycles. The molecule has 54 valence electrons. The van der Waals surface area contributed by atoms with E-state index in [1.54, 1.807) is 18.3 Å². The average Bonchev–Trinajstić information content (AvgIpc) is 1.94. The van der Waals surface area contributed by atoms with Gasteiger partial charge in [-0.1, -0.05) is 0 Å². The van der Waals surface area contributed by atoms with E-state index in [4.69, 9.17) is 10.8 Å². The Balaban J connectivity index is 2.81. The summed E-state index contributed by atoms with van der Waals surface area (Å²) < 4.78 is 0. The van der Waals surface area contributed by atoms with Gasteiger partial charge in [-0.15, -0.1) is 0 Å². The highest BCUT2D eigenvalue weighted by Gasteiger charge is 1.97. The Morgan fingerprint density at radius 1 is 1.60 bits per heavy atom. The minimum atomic E-state index is 0.230. The summed E-state index contributed by atoms with van der Waals surface area (Å²) in [6.07, 6.45) is 2.28. The van der Waals surface area contributed by atoms with Crippen LogP contribution in [0.25, 0.3) is 0 Å². The normalized spacial score (nSPS) is 9.70. The molecule has 10 heavy (non-hydrogen) atoms. The highest BCUT2D eigenvalue weighted by Crippen LogP contribution is 2.11. The predicted molar refractivity (Wildman–Crippen MR) is 38.7 cm³/mol. The van der Waals surface area contributed by atoms with Crippen molar-refractivity contribution in [3.05, 3.63) is 24.0 Å². The Morgan fingerprint density at radius 2 is 2.40 bits per heavy atom. The molecule has 0 atom stereocenters. The van der Waals surface area contributed by atoms with Gasteiger partial charge in [-0.2, -0.15) is 0 Å². The van der Waals surface area contributed by atoms with Crippen molar-refractivity contribution in [1.82, 2.24) is 4.98 Å². The minimum Gasteiger partial charge on any atom is -0.506 e. The Bertz CT molecular complexity index is 213. The van der Waals surface area contributed by atoms with Crippen molar-refractivity contribution in [3.63, 3.8) is 0 Å². The smallest absolute Gasteiger partial charge is 0.137 e. The van der Waals surface area contributed by atoms with E-state index < -0.39 is 0 Å². The molecule has 0 fully saturated rings. The third-order valence-electron chi connectivity index (χ3n) is 1.25. The molecule has 0 unspecified atom stereocenters. The standard InChI is InChI=1S/C7H10N2O/c8-4-3-6-7(10)2-1-5-9-6/h1-2,5,10H,3-4,8H2. The summed E-state index contributed by atoms with van der Waals surface area (Å²) in [6, 6.07) is 3.30. The molecule has 3 nitrogen and oxygen atoms in total. The maximum absolute atomic E-state index is 9.12. The van der Waals surface area contributed by atoms with E-state index in [0.717, 1.165) is 0 Å². The van der Waals surface area contributed by atoms with Gasteiger partial charge in [-0.3, -0.25) is 4.98 Å². The van der Waals surface area contributed by atoms with Gasteiger partial charge < -0.3 is 10.8 Å². The second-order valence-corrected chi connectivity index (χ2v) is 2.01. The van der Waals surface area contributed by atoms with Crippen molar-refractivity contribution in [1.29, 1.82) is 0 Å². The fraction of sp³-hybridized carbons (Fsp3) is 0.286. The summed E-state index contributed by atoms with van der Waals surface area (Å²) in [4.78, 5) is 3.94. The van der Waals surface area contributed by atoms with E-state index in [-0.39, 0.29) is 5.75 Å². The van der Waals surface area contributed by atoms with E-state index in [9.17, 15) is 0 Å². The lowest BCUT2D eigenvalue weighted by Gasteiger charge is -1.98. The molecule has 0 aliphatic carbocycles. The molecule has 1 rings (SSSR count). The fourth-order valence-corrected chi connectivity index (χ4v) is 0.759. The molecule has 1 heterocycles. The molecule has 1 aromatic heterocycles. The summed E-state index contributed by atoms with van der Waals surface area (Å²) in [5.41, 5.74) is 5.95. The van der Waals surface area contributed by atoms with Crippen LogP contribution in [0.4, 0.5) is 0 Å². The zero-order chi connectivity index (χ0) is 7.40. The molecule has 3 N–H and O–H groups in total. The fourth-order valence-electron chi connectivity index (χ4n) is 0.759. The van der Waals surface area contributed by atoms with Crippen LogP contribution in [0.5, 0.6) is 5.75 Å². The van der Waals surface area contributed by atoms with Crippen LogP contribution in [-0.2, 0) is 6.42 Å². The minimum absolute atomic E-state index is 0.230. The number of nitrogens with two attached hydrogens (primary N) is 1. The van der Waals surface area contributed by atoms with E-state index >= 15 is 0 Å². The van der Waals surface area contributed by atoms with Gasteiger partial charge in [0.25, 0.3) is 0 Å². The number of nitrogens with zero attached hydrogens (tertiary/aromatic N) is 1. The van der Waals surface area contributed by atoms with Crippen molar-refractivity contribution < 1.29 is 5.11 Å². The third-order valence-corrected chi connectivity index (χ3v) is 1.25. The molecule has 3 heteroatoms. The van der Waals surface area contributed by atoms with Crippen LogP contribution in [0.2, 0.25) is 0 Å². The molecule has 0 saturated carbocycles. The Morgan fingerprint density at radius 3 is 3.00 bits per heavy atom. The van der Waals surface area contributed by atoms with Gasteiger partial charge in [-0.25, -0.2) is 0 Å². The lowest BCUT2D eigenvalue weighted by molar-refractivity contribution is 0.464. The summed E-state index contributed by atoms with van der Waals surface area (Å²) in [6.45, 7) is 0.518. The van der Waals surface area contributed by atoms with Crippen LogP contribution in [0, 0.1) is 0 Å². The first-order valence-corrected chi connectivity index (χ1v) is 3.17. The summed E-state index contributed by atoms with van der Waals surface area (Å²) in [5, 5.41) is 9.12. The highest BCUT2D eigenvalue weighted by molar-refractivity contribution is 5.24. The van der Waals surface area contributed by atoms with Gasteiger partial charge in [0.05, 0.1) is 5.69 Å². The maximum atomic E-state index is 9.12. The number of hydrogen-bond acceptors (Lipinski definition) is 3. The maximum Gasteiger partial charge on any atom is 0.137 e. The molecular weight excluding hydrogens is 128 g/mol. The topological polar surface area (TPSA) is 59.1 Å². The van der Waals surface area contributed by atoms with E-state index in [2.05, 4.69) is 4.98 Å². The number of hydrogen-bond donors (Lipinski definition) is 2. The average molecular weight is 138 g/mol. The van der Waals surface area contributed by atoms with Gasteiger partial charge in [0.2, 0.25) is 0 Å². The summed E-state index contributed by atoms with van der Waals surface area (Å²) >= 11 is 0. The number of aromatic hydroxyl groups is 1. The largest absolute Gasteiger partial charge is 0.506 e. The van der Waals surface area contributed by atoms with Crippen LogP contribution in [0.1, 0.15) is 5.69 Å². The quantitative estimate of drug-likeness (QED) is 0.617. The van der Waals surface area contributed by atoms with Crippen LogP contribution >= 0.6 is 0 Å². The monoisotopic (exact) mass is 138 g/mol. The van der Waals surface area contributed by atoms with Gasteiger partial charge >= 0.3 is 0 Å². The Labute approximate surface area is 59.5 Å². The predicted octanol–water partition coefficient (Wildman–Crippen LogP) is 0.288. The first-order chi connectivity index (χ1) is 4.84. The third kappa shape index (κ3) is 1.45. The first-order valence-electron chi connectivity index (χ1n) is 3.17. The molecule has 1 aromatic rings. The van der Waals surface area contributed by atoms with Gasteiger partial charge in [0.1, 0.15) is 5.75 Å². The second kappa shape index (κ2) is 3.17. The van der Waals surface area contributed by atoms with E-state index in [1.165, 1.54) is 0 Å².